The lowest BCUT2D eigenvalue weighted by Crippen LogP contribution is -2.14. The minimum absolute atomic E-state index is 0.180. The Kier molecular flexibility index (Phi) is 6.74. The van der Waals surface area contributed by atoms with Crippen molar-refractivity contribution in [1.29, 1.82) is 0 Å². The minimum atomic E-state index is 0.180. The molecule has 0 amide bonds. The summed E-state index contributed by atoms with van der Waals surface area (Å²) in [6.07, 6.45) is 1.70. The Hall–Kier alpha value is -0.840. The summed E-state index contributed by atoms with van der Waals surface area (Å²) in [6, 6.07) is 16.0. The molecule has 0 bridgehead atoms. The summed E-state index contributed by atoms with van der Waals surface area (Å²) >= 11 is 6.83. The summed E-state index contributed by atoms with van der Waals surface area (Å²) in [5.74, 6) is 1.08. The highest BCUT2D eigenvalue weighted by atomic mass is 79.9. The second-order valence-electron chi connectivity index (χ2n) is 4.97. The molecular formula is C17H18Br2O2. The maximum absolute atomic E-state index is 9.50. The fourth-order valence-corrected chi connectivity index (χ4v) is 2.61. The molecule has 0 aliphatic rings. The third-order valence-corrected chi connectivity index (χ3v) is 4.36. The smallest absolute Gasteiger partial charge is 0.119 e. The zero-order chi connectivity index (χ0) is 15.1. The Balaban J connectivity index is 1.79. The summed E-state index contributed by atoms with van der Waals surface area (Å²) in [7, 11) is 0. The summed E-state index contributed by atoms with van der Waals surface area (Å²) in [5, 5.41) is 9.50. The van der Waals surface area contributed by atoms with Gasteiger partial charge in [0.15, 0.2) is 0 Å². The molecule has 112 valence electrons. The van der Waals surface area contributed by atoms with Gasteiger partial charge in [0, 0.05) is 15.6 Å². The molecule has 2 rings (SSSR count). The standard InChI is InChI=1S/C17H18Br2O2/c18-15-3-1-13(2-4-15)11-14(12-20)9-10-21-17-7-5-16(19)6-8-17/h1-8,14,20H,9-12H2. The molecule has 0 fully saturated rings. The molecule has 1 unspecified atom stereocenters. The van der Waals surface area contributed by atoms with Crippen LogP contribution in [-0.4, -0.2) is 18.3 Å². The largest absolute Gasteiger partial charge is 0.494 e. The summed E-state index contributed by atoms with van der Waals surface area (Å²) < 4.78 is 7.83. The van der Waals surface area contributed by atoms with Gasteiger partial charge in [-0.15, -0.1) is 0 Å². The lowest BCUT2D eigenvalue weighted by atomic mass is 9.97. The van der Waals surface area contributed by atoms with E-state index >= 15 is 0 Å². The number of ether oxygens (including phenoxy) is 1. The van der Waals surface area contributed by atoms with Gasteiger partial charge in [0.1, 0.15) is 5.75 Å². The molecule has 0 heterocycles. The maximum atomic E-state index is 9.50. The first-order valence-electron chi connectivity index (χ1n) is 6.91. The normalized spacial score (nSPS) is 12.1. The Bertz CT molecular complexity index is 538. The molecule has 2 nitrogen and oxygen atoms in total. The van der Waals surface area contributed by atoms with Gasteiger partial charge in [0.2, 0.25) is 0 Å². The van der Waals surface area contributed by atoms with Gasteiger partial charge in [-0.05, 0) is 60.7 Å². The van der Waals surface area contributed by atoms with Crippen LogP contribution in [0, 0.1) is 5.92 Å². The van der Waals surface area contributed by atoms with E-state index in [2.05, 4.69) is 44.0 Å². The Morgan fingerprint density at radius 1 is 0.905 bits per heavy atom. The molecule has 0 aromatic heterocycles. The van der Waals surface area contributed by atoms with E-state index in [1.165, 1.54) is 5.56 Å². The second-order valence-corrected chi connectivity index (χ2v) is 6.80. The van der Waals surface area contributed by atoms with E-state index in [1.807, 2.05) is 36.4 Å². The van der Waals surface area contributed by atoms with E-state index in [9.17, 15) is 5.11 Å². The fourth-order valence-electron chi connectivity index (χ4n) is 2.09. The molecule has 21 heavy (non-hydrogen) atoms. The van der Waals surface area contributed by atoms with Gasteiger partial charge in [-0.3, -0.25) is 0 Å². The van der Waals surface area contributed by atoms with Gasteiger partial charge in [-0.1, -0.05) is 44.0 Å². The lowest BCUT2D eigenvalue weighted by molar-refractivity contribution is 0.190. The Morgan fingerprint density at radius 2 is 1.48 bits per heavy atom. The fraction of sp³-hybridized carbons (Fsp3) is 0.294. The van der Waals surface area contributed by atoms with E-state index in [1.54, 1.807) is 0 Å². The van der Waals surface area contributed by atoms with E-state index < -0.39 is 0 Å². The predicted octanol–water partition coefficient (Wildman–Crippen LogP) is 4.83. The van der Waals surface area contributed by atoms with Crippen LogP contribution in [0.25, 0.3) is 0 Å². The van der Waals surface area contributed by atoms with Crippen LogP contribution < -0.4 is 4.74 Å². The molecule has 4 heteroatoms. The number of hydrogen-bond donors (Lipinski definition) is 1. The van der Waals surface area contributed by atoms with Crippen molar-refractivity contribution in [2.45, 2.75) is 12.8 Å². The van der Waals surface area contributed by atoms with Gasteiger partial charge >= 0.3 is 0 Å². The first-order valence-corrected chi connectivity index (χ1v) is 8.49. The monoisotopic (exact) mass is 412 g/mol. The predicted molar refractivity (Wildman–Crippen MR) is 92.7 cm³/mol. The van der Waals surface area contributed by atoms with Crippen LogP contribution in [0.2, 0.25) is 0 Å². The van der Waals surface area contributed by atoms with Crippen LogP contribution in [0.15, 0.2) is 57.5 Å². The van der Waals surface area contributed by atoms with Gasteiger partial charge in [-0.25, -0.2) is 0 Å². The van der Waals surface area contributed by atoms with Gasteiger partial charge in [0.05, 0.1) is 6.61 Å². The van der Waals surface area contributed by atoms with Crippen LogP contribution >= 0.6 is 31.9 Å². The highest BCUT2D eigenvalue weighted by molar-refractivity contribution is 9.10. The average molecular weight is 414 g/mol. The van der Waals surface area contributed by atoms with Crippen molar-refractivity contribution in [1.82, 2.24) is 0 Å². The Labute approximate surface area is 142 Å². The number of hydrogen-bond acceptors (Lipinski definition) is 2. The van der Waals surface area contributed by atoms with Crippen LogP contribution in [0.3, 0.4) is 0 Å². The number of rotatable bonds is 7. The number of halogens is 2. The Morgan fingerprint density at radius 3 is 2.05 bits per heavy atom. The quantitative estimate of drug-likeness (QED) is 0.704. The molecule has 0 aliphatic heterocycles. The minimum Gasteiger partial charge on any atom is -0.494 e. The van der Waals surface area contributed by atoms with E-state index in [0.717, 1.165) is 27.5 Å². The average Bonchev–Trinajstić information content (AvgIpc) is 2.50. The van der Waals surface area contributed by atoms with Crippen LogP contribution in [-0.2, 0) is 6.42 Å². The highest BCUT2D eigenvalue weighted by Crippen LogP contribution is 2.18. The van der Waals surface area contributed by atoms with Gasteiger partial charge in [0.25, 0.3) is 0 Å². The molecule has 0 saturated carbocycles. The SMILES string of the molecule is OCC(CCOc1ccc(Br)cc1)Cc1ccc(Br)cc1. The van der Waals surface area contributed by atoms with Crippen molar-refractivity contribution in [2.24, 2.45) is 5.92 Å². The second kappa shape index (κ2) is 8.57. The number of aliphatic hydroxyl groups excluding tert-OH is 1. The summed E-state index contributed by atoms with van der Waals surface area (Å²) in [4.78, 5) is 0. The molecule has 1 N–H and O–H groups in total. The topological polar surface area (TPSA) is 29.5 Å². The number of benzene rings is 2. The van der Waals surface area contributed by atoms with Gasteiger partial charge < -0.3 is 9.84 Å². The molecule has 0 saturated heterocycles. The highest BCUT2D eigenvalue weighted by Gasteiger charge is 2.09. The lowest BCUT2D eigenvalue weighted by Gasteiger charge is -2.15. The third-order valence-electron chi connectivity index (χ3n) is 3.30. The van der Waals surface area contributed by atoms with Crippen molar-refractivity contribution in [3.05, 3.63) is 63.0 Å². The molecule has 2 aromatic carbocycles. The molecular weight excluding hydrogens is 396 g/mol. The number of aliphatic hydroxyl groups is 1. The van der Waals surface area contributed by atoms with Crippen molar-refractivity contribution in [3.63, 3.8) is 0 Å². The van der Waals surface area contributed by atoms with Gasteiger partial charge in [-0.2, -0.15) is 0 Å². The van der Waals surface area contributed by atoms with E-state index in [-0.39, 0.29) is 12.5 Å². The molecule has 2 aromatic rings. The van der Waals surface area contributed by atoms with Crippen LogP contribution in [0.1, 0.15) is 12.0 Å². The zero-order valence-corrected chi connectivity index (χ0v) is 14.8. The van der Waals surface area contributed by atoms with Crippen LogP contribution in [0.4, 0.5) is 0 Å². The molecule has 0 aliphatic carbocycles. The van der Waals surface area contributed by atoms with Crippen molar-refractivity contribution in [3.8, 4) is 5.75 Å². The van der Waals surface area contributed by atoms with E-state index in [0.29, 0.717) is 6.61 Å². The van der Waals surface area contributed by atoms with Crippen LogP contribution in [0.5, 0.6) is 5.75 Å². The summed E-state index contributed by atoms with van der Waals surface area (Å²) in [5.41, 5.74) is 1.24. The molecule has 0 radical (unpaired) electrons. The third kappa shape index (κ3) is 5.81. The zero-order valence-electron chi connectivity index (χ0n) is 11.6. The van der Waals surface area contributed by atoms with Crippen molar-refractivity contribution < 1.29 is 9.84 Å². The first-order chi connectivity index (χ1) is 10.2. The molecule has 1 atom stereocenters. The van der Waals surface area contributed by atoms with Crippen molar-refractivity contribution in [2.75, 3.05) is 13.2 Å². The van der Waals surface area contributed by atoms with Crippen molar-refractivity contribution >= 4 is 31.9 Å². The van der Waals surface area contributed by atoms with E-state index in [4.69, 9.17) is 4.74 Å². The summed E-state index contributed by atoms with van der Waals surface area (Å²) in [6.45, 7) is 0.795. The molecule has 0 spiro atoms. The maximum Gasteiger partial charge on any atom is 0.119 e. The first kappa shape index (κ1) is 16.5.